The fourth-order valence-electron chi connectivity index (χ4n) is 2.24. The van der Waals surface area contributed by atoms with E-state index in [0.29, 0.717) is 0 Å². The number of carbonyl (C=O) groups is 3. The third-order valence-corrected chi connectivity index (χ3v) is 3.27. The number of amides is 4. The molecule has 4 amide bonds. The second kappa shape index (κ2) is 5.20. The molecule has 6 N–H and O–H groups in total. The molecule has 0 aliphatic carbocycles. The lowest BCUT2D eigenvalue weighted by molar-refractivity contribution is -0.269. The maximum atomic E-state index is 12.2. The number of hydrogen-bond acceptors (Lipinski definition) is 8. The summed E-state index contributed by atoms with van der Waals surface area (Å²) in [5.74, 6) is -1.90. The number of rotatable bonds is 2. The van der Waals surface area contributed by atoms with Crippen molar-refractivity contribution in [3.05, 3.63) is 0 Å². The van der Waals surface area contributed by atoms with Crippen LogP contribution in [0.15, 0.2) is 0 Å². The number of aliphatic hydroxyl groups is 4. The highest BCUT2D eigenvalue weighted by atomic mass is 16.6. The summed E-state index contributed by atoms with van der Waals surface area (Å²) < 4.78 is 5.09. The Balaban J connectivity index is 2.35. The summed E-state index contributed by atoms with van der Waals surface area (Å²) in [5, 5.41) is 40.7. The van der Waals surface area contributed by atoms with Gasteiger partial charge in [-0.05, 0) is 0 Å². The number of carbonyl (C=O) groups excluding carboxylic acids is 3. The Morgan fingerprint density at radius 1 is 1.38 bits per heavy atom. The fourth-order valence-corrected chi connectivity index (χ4v) is 2.24. The van der Waals surface area contributed by atoms with E-state index in [2.05, 4.69) is 0 Å². The van der Waals surface area contributed by atoms with E-state index in [1.165, 1.54) is 0 Å². The molecule has 0 saturated carbocycles. The highest BCUT2D eigenvalue weighted by Crippen LogP contribution is 2.32. The van der Waals surface area contributed by atoms with Crippen LogP contribution < -0.4 is 10.7 Å². The maximum Gasteiger partial charge on any atom is 0.346 e. The zero-order valence-corrected chi connectivity index (χ0v) is 10.9. The highest BCUT2D eigenvalue weighted by Gasteiger charge is 2.65. The van der Waals surface area contributed by atoms with Crippen molar-refractivity contribution < 1.29 is 39.5 Å². The van der Waals surface area contributed by atoms with E-state index in [1.54, 1.807) is 0 Å². The minimum absolute atomic E-state index is 0.282. The van der Waals surface area contributed by atoms with Crippen molar-refractivity contribution in [2.75, 3.05) is 6.61 Å². The van der Waals surface area contributed by atoms with Crippen LogP contribution in [-0.2, 0) is 14.3 Å². The molecule has 1 spiro atoms. The summed E-state index contributed by atoms with van der Waals surface area (Å²) in [4.78, 5) is 34.9. The number of nitrogens with zero attached hydrogens (tertiary/aromatic N) is 1. The van der Waals surface area contributed by atoms with E-state index >= 15 is 0 Å². The Hall–Kier alpha value is -1.79. The van der Waals surface area contributed by atoms with E-state index in [0.717, 1.165) is 6.92 Å². The summed E-state index contributed by atoms with van der Waals surface area (Å²) in [5.41, 5.74) is -0.470. The average Bonchev–Trinajstić information content (AvgIpc) is 2.65. The van der Waals surface area contributed by atoms with Gasteiger partial charge in [0.25, 0.3) is 5.72 Å². The number of hydrogen-bond donors (Lipinski definition) is 6. The molecule has 11 nitrogen and oxygen atoms in total. The van der Waals surface area contributed by atoms with Crippen LogP contribution in [0.5, 0.6) is 0 Å². The second-order valence-corrected chi connectivity index (χ2v) is 4.74. The molecule has 0 aromatic heterocycles. The molecule has 11 heteroatoms. The van der Waals surface area contributed by atoms with Crippen LogP contribution in [0.2, 0.25) is 0 Å². The Morgan fingerprint density at radius 3 is 2.52 bits per heavy atom. The van der Waals surface area contributed by atoms with Crippen molar-refractivity contribution in [2.24, 2.45) is 0 Å². The average molecular weight is 305 g/mol. The monoisotopic (exact) mass is 305 g/mol. The quantitative estimate of drug-likeness (QED) is 0.279. The van der Waals surface area contributed by atoms with E-state index in [1.807, 2.05) is 10.7 Å². The van der Waals surface area contributed by atoms with Crippen LogP contribution in [0, 0.1) is 0 Å². The predicted octanol–water partition coefficient (Wildman–Crippen LogP) is -4.24. The summed E-state index contributed by atoms with van der Waals surface area (Å²) in [7, 11) is 0. The minimum atomic E-state index is -2.40. The number of nitrogens with one attached hydrogen (secondary N) is 2. The maximum absolute atomic E-state index is 12.2. The summed E-state index contributed by atoms with van der Waals surface area (Å²) in [6.07, 6.45) is -6.91. The number of aliphatic hydroxyl groups excluding tert-OH is 4. The third kappa shape index (κ3) is 2.24. The molecule has 118 valence electrons. The van der Waals surface area contributed by atoms with E-state index in [9.17, 15) is 29.7 Å². The van der Waals surface area contributed by atoms with Crippen molar-refractivity contribution >= 4 is 17.8 Å². The van der Waals surface area contributed by atoms with Gasteiger partial charge in [0.2, 0.25) is 5.91 Å². The molecule has 0 aromatic carbocycles. The van der Waals surface area contributed by atoms with Crippen molar-refractivity contribution in [2.45, 2.75) is 37.1 Å². The molecule has 0 radical (unpaired) electrons. The molecule has 0 aromatic rings. The first-order valence-corrected chi connectivity index (χ1v) is 6.01. The van der Waals surface area contributed by atoms with Crippen LogP contribution in [0.4, 0.5) is 4.79 Å². The highest BCUT2D eigenvalue weighted by molar-refractivity contribution is 6.07. The lowest BCUT2D eigenvalue weighted by Gasteiger charge is -2.44. The van der Waals surface area contributed by atoms with Gasteiger partial charge in [-0.25, -0.2) is 4.79 Å². The van der Waals surface area contributed by atoms with Crippen molar-refractivity contribution in [1.29, 1.82) is 0 Å². The standard InChI is InChI=1S/C10H15N3O8/c1-3(15)12-13-8(19)10(11-9(13)20)7(18)6(17)5(16)4(2-14)21-10/h4-7,14,16-18H,2H2,1H3,(H,11,20)(H,12,15)/t4-,5+,6-,7-,10-/m0/s1. The number of hydrazine groups is 1. The molecular formula is C10H15N3O8. The van der Waals surface area contributed by atoms with Gasteiger partial charge in [0.05, 0.1) is 6.61 Å². The Kier molecular flexibility index (Phi) is 3.86. The smallest absolute Gasteiger partial charge is 0.346 e. The number of imide groups is 1. The number of ether oxygens (including phenoxy) is 1. The van der Waals surface area contributed by atoms with Crippen LogP contribution in [0.3, 0.4) is 0 Å². The van der Waals surface area contributed by atoms with Gasteiger partial charge < -0.3 is 25.2 Å². The topological polar surface area (TPSA) is 169 Å². The first kappa shape index (κ1) is 15.6. The second-order valence-electron chi connectivity index (χ2n) is 4.74. The summed E-state index contributed by atoms with van der Waals surface area (Å²) >= 11 is 0. The normalized spacial score (nSPS) is 39.6. The first-order chi connectivity index (χ1) is 9.74. The first-order valence-electron chi connectivity index (χ1n) is 6.01. The molecule has 2 heterocycles. The molecule has 2 fully saturated rings. The lowest BCUT2D eigenvalue weighted by atomic mass is 9.90. The van der Waals surface area contributed by atoms with Gasteiger partial charge in [0, 0.05) is 6.92 Å². The van der Waals surface area contributed by atoms with Crippen molar-refractivity contribution in [3.8, 4) is 0 Å². The van der Waals surface area contributed by atoms with E-state index in [-0.39, 0.29) is 5.01 Å². The van der Waals surface area contributed by atoms with Gasteiger partial charge in [-0.1, -0.05) is 0 Å². The zero-order valence-electron chi connectivity index (χ0n) is 10.9. The van der Waals surface area contributed by atoms with E-state index in [4.69, 9.17) is 9.84 Å². The molecule has 2 saturated heterocycles. The molecule has 2 aliphatic heterocycles. The SMILES string of the molecule is CC(=O)NN1C(=O)N[C@@]2(O[C@@H](CO)[C@@H](O)[C@H](O)[C@@H]2O)C1=O. The van der Waals surface area contributed by atoms with Crippen molar-refractivity contribution in [1.82, 2.24) is 15.8 Å². The van der Waals surface area contributed by atoms with Gasteiger partial charge in [0.1, 0.15) is 24.4 Å². The largest absolute Gasteiger partial charge is 0.394 e. The lowest BCUT2D eigenvalue weighted by Crippen LogP contribution is -2.71. The van der Waals surface area contributed by atoms with Crippen LogP contribution in [0.25, 0.3) is 0 Å². The van der Waals surface area contributed by atoms with Gasteiger partial charge in [-0.2, -0.15) is 5.01 Å². The Bertz CT molecular complexity index is 483. The summed E-state index contributed by atoms with van der Waals surface area (Å²) in [6.45, 7) is 0.287. The molecule has 0 unspecified atom stereocenters. The van der Waals surface area contributed by atoms with Crippen LogP contribution >= 0.6 is 0 Å². The summed E-state index contributed by atoms with van der Waals surface area (Å²) in [6, 6.07) is -1.09. The molecule has 21 heavy (non-hydrogen) atoms. The number of urea groups is 1. The molecule has 0 bridgehead atoms. The molecule has 2 aliphatic rings. The Morgan fingerprint density at radius 2 is 2.00 bits per heavy atom. The Labute approximate surface area is 118 Å². The minimum Gasteiger partial charge on any atom is -0.394 e. The van der Waals surface area contributed by atoms with Gasteiger partial charge in [-0.15, -0.1) is 0 Å². The van der Waals surface area contributed by atoms with Crippen molar-refractivity contribution in [3.63, 3.8) is 0 Å². The van der Waals surface area contributed by atoms with E-state index < -0.39 is 54.6 Å². The zero-order chi connectivity index (χ0) is 15.9. The third-order valence-electron chi connectivity index (χ3n) is 3.27. The molecular weight excluding hydrogens is 290 g/mol. The predicted molar refractivity (Wildman–Crippen MR) is 61.9 cm³/mol. The fraction of sp³-hybridized carbons (Fsp3) is 0.700. The van der Waals surface area contributed by atoms with Crippen LogP contribution in [0.1, 0.15) is 6.92 Å². The van der Waals surface area contributed by atoms with Gasteiger partial charge >= 0.3 is 11.9 Å². The van der Waals surface area contributed by atoms with Gasteiger partial charge in [-0.3, -0.25) is 20.3 Å². The van der Waals surface area contributed by atoms with Gasteiger partial charge in [0.15, 0.2) is 0 Å². The van der Waals surface area contributed by atoms with Crippen LogP contribution in [-0.4, -0.2) is 80.0 Å². The molecule has 5 atom stereocenters. The molecule has 2 rings (SSSR count).